The van der Waals surface area contributed by atoms with Crippen LogP contribution in [0, 0.1) is 0 Å². The molecule has 2 heterocycles. The van der Waals surface area contributed by atoms with E-state index in [1.807, 2.05) is 28.9 Å². The third-order valence-corrected chi connectivity index (χ3v) is 5.24. The third-order valence-electron chi connectivity index (χ3n) is 4.29. The summed E-state index contributed by atoms with van der Waals surface area (Å²) >= 11 is 7.78. The second-order valence-electron chi connectivity index (χ2n) is 5.85. The molecule has 7 heteroatoms. The van der Waals surface area contributed by atoms with Gasteiger partial charge < -0.3 is 5.32 Å². The van der Waals surface area contributed by atoms with Gasteiger partial charge in [-0.2, -0.15) is 4.98 Å². The molecule has 2 aliphatic rings. The van der Waals surface area contributed by atoms with Crippen molar-refractivity contribution in [3.05, 3.63) is 46.1 Å². The molecule has 0 saturated carbocycles. The van der Waals surface area contributed by atoms with Gasteiger partial charge in [0.2, 0.25) is 11.1 Å². The number of carbonyl (C=O) groups is 1. The summed E-state index contributed by atoms with van der Waals surface area (Å²) in [7, 11) is 0. The molecule has 0 amide bonds. The Morgan fingerprint density at radius 2 is 2.29 bits per heavy atom. The van der Waals surface area contributed by atoms with Gasteiger partial charge >= 0.3 is 0 Å². The van der Waals surface area contributed by atoms with E-state index >= 15 is 0 Å². The standard InChI is InChI=1S/C17H17ClN4OS/c1-2-24-17-20-16-19-12-7-4-8-13(23)14(12)15(22(16)21-17)10-5-3-6-11(18)9-10/h3,5-6,9,15H,2,4,7-8H2,1H3,(H,19,20,21)/t15-/m1/s1. The number of anilines is 1. The maximum absolute atomic E-state index is 12.6. The molecule has 0 spiro atoms. The summed E-state index contributed by atoms with van der Waals surface area (Å²) < 4.78 is 1.83. The highest BCUT2D eigenvalue weighted by atomic mass is 35.5. The Labute approximate surface area is 149 Å². The summed E-state index contributed by atoms with van der Waals surface area (Å²) in [5, 5.41) is 9.33. The van der Waals surface area contributed by atoms with Crippen LogP contribution in [0.2, 0.25) is 5.02 Å². The van der Waals surface area contributed by atoms with Crippen molar-refractivity contribution in [2.75, 3.05) is 11.1 Å². The number of hydrogen-bond acceptors (Lipinski definition) is 5. The van der Waals surface area contributed by atoms with Crippen molar-refractivity contribution in [2.45, 2.75) is 37.4 Å². The zero-order valence-corrected chi connectivity index (χ0v) is 14.8. The van der Waals surface area contributed by atoms with Gasteiger partial charge in [-0.25, -0.2) is 4.68 Å². The van der Waals surface area contributed by atoms with Gasteiger partial charge in [0.1, 0.15) is 6.04 Å². The van der Waals surface area contributed by atoms with E-state index in [1.165, 1.54) is 0 Å². The lowest BCUT2D eigenvalue weighted by atomic mass is 9.85. The van der Waals surface area contributed by atoms with E-state index in [4.69, 9.17) is 11.6 Å². The van der Waals surface area contributed by atoms with E-state index in [0.29, 0.717) is 17.4 Å². The molecule has 0 unspecified atom stereocenters. The Kier molecular flexibility index (Phi) is 4.10. The molecule has 5 nitrogen and oxygen atoms in total. The van der Waals surface area contributed by atoms with E-state index in [9.17, 15) is 4.79 Å². The van der Waals surface area contributed by atoms with Crippen LogP contribution in [0.1, 0.15) is 37.8 Å². The number of allylic oxidation sites excluding steroid dienone is 2. The van der Waals surface area contributed by atoms with Gasteiger partial charge in [-0.3, -0.25) is 4.79 Å². The Hall–Kier alpha value is -1.79. The van der Waals surface area contributed by atoms with Crippen molar-refractivity contribution in [3.63, 3.8) is 0 Å². The van der Waals surface area contributed by atoms with Crippen LogP contribution in [-0.4, -0.2) is 26.3 Å². The fourth-order valence-corrected chi connectivity index (χ4v) is 4.07. The van der Waals surface area contributed by atoms with E-state index in [0.717, 1.165) is 40.6 Å². The predicted molar refractivity (Wildman–Crippen MR) is 95.5 cm³/mol. The number of fused-ring (bicyclic) bond motifs is 1. The van der Waals surface area contributed by atoms with Gasteiger partial charge in [-0.05, 0) is 36.3 Å². The maximum atomic E-state index is 12.6. The highest BCUT2D eigenvalue weighted by Crippen LogP contribution is 2.40. The molecule has 2 aromatic rings. The lowest BCUT2D eigenvalue weighted by molar-refractivity contribution is -0.116. The maximum Gasteiger partial charge on any atom is 0.227 e. The van der Waals surface area contributed by atoms with Crippen molar-refractivity contribution in [1.29, 1.82) is 0 Å². The highest BCUT2D eigenvalue weighted by Gasteiger charge is 2.36. The van der Waals surface area contributed by atoms with Crippen LogP contribution >= 0.6 is 23.4 Å². The normalized spacial score (nSPS) is 19.8. The lowest BCUT2D eigenvalue weighted by Crippen LogP contribution is -2.31. The zero-order chi connectivity index (χ0) is 16.7. The fourth-order valence-electron chi connectivity index (χ4n) is 3.31. The summed E-state index contributed by atoms with van der Waals surface area (Å²) in [6, 6.07) is 7.38. The topological polar surface area (TPSA) is 59.8 Å². The van der Waals surface area contributed by atoms with E-state index in [1.54, 1.807) is 11.8 Å². The summed E-state index contributed by atoms with van der Waals surface area (Å²) in [6.07, 6.45) is 2.32. The fraction of sp³-hybridized carbons (Fsp3) is 0.353. The number of hydrogen-bond donors (Lipinski definition) is 1. The second-order valence-corrected chi connectivity index (χ2v) is 7.51. The van der Waals surface area contributed by atoms with Crippen molar-refractivity contribution in [2.24, 2.45) is 0 Å². The monoisotopic (exact) mass is 360 g/mol. The van der Waals surface area contributed by atoms with Crippen molar-refractivity contribution >= 4 is 35.1 Å². The van der Waals surface area contributed by atoms with Crippen LogP contribution in [-0.2, 0) is 4.79 Å². The van der Waals surface area contributed by atoms with E-state index < -0.39 is 0 Å². The smallest absolute Gasteiger partial charge is 0.227 e. The Balaban J connectivity index is 1.88. The first-order valence-corrected chi connectivity index (χ1v) is 9.42. The van der Waals surface area contributed by atoms with Gasteiger partial charge in [0.05, 0.1) is 0 Å². The second kappa shape index (κ2) is 6.26. The SMILES string of the molecule is CCSc1nc2n(n1)[C@H](c1cccc(Cl)c1)C1=C(CCCC1=O)N2. The molecule has 124 valence electrons. The first kappa shape index (κ1) is 15.7. The third kappa shape index (κ3) is 2.63. The minimum Gasteiger partial charge on any atom is -0.328 e. The van der Waals surface area contributed by atoms with Gasteiger partial charge in [-0.15, -0.1) is 5.10 Å². The number of carbonyl (C=O) groups excluding carboxylic acids is 1. The molecule has 0 fully saturated rings. The average Bonchev–Trinajstić information content (AvgIpc) is 2.95. The Bertz CT molecular complexity index is 845. The molecule has 4 rings (SSSR count). The lowest BCUT2D eigenvalue weighted by Gasteiger charge is -2.32. The van der Waals surface area contributed by atoms with Crippen LogP contribution in [0.15, 0.2) is 40.7 Å². The number of Topliss-reactive ketones (excluding diaryl/α,β-unsaturated/α-hetero) is 1. The predicted octanol–water partition coefficient (Wildman–Crippen LogP) is 4.07. The van der Waals surface area contributed by atoms with Crippen LogP contribution in [0.25, 0.3) is 0 Å². The van der Waals surface area contributed by atoms with Gasteiger partial charge in [0.15, 0.2) is 5.78 Å². The molecule has 1 aromatic carbocycles. The molecular formula is C17H17ClN4OS. The molecule has 1 aliphatic carbocycles. The molecule has 1 aliphatic heterocycles. The van der Waals surface area contributed by atoms with Gasteiger partial charge in [0, 0.05) is 22.7 Å². The van der Waals surface area contributed by atoms with Crippen molar-refractivity contribution in [1.82, 2.24) is 14.8 Å². The van der Waals surface area contributed by atoms with Crippen LogP contribution in [0.3, 0.4) is 0 Å². The van der Waals surface area contributed by atoms with Gasteiger partial charge in [0.25, 0.3) is 0 Å². The number of aromatic nitrogens is 3. The summed E-state index contributed by atoms with van der Waals surface area (Å²) in [4.78, 5) is 17.2. The number of halogens is 1. The number of thioether (sulfide) groups is 1. The molecule has 0 bridgehead atoms. The molecule has 24 heavy (non-hydrogen) atoms. The average molecular weight is 361 g/mol. The molecule has 1 aromatic heterocycles. The number of rotatable bonds is 3. The molecular weight excluding hydrogens is 344 g/mol. The van der Waals surface area contributed by atoms with E-state index in [-0.39, 0.29) is 11.8 Å². The Morgan fingerprint density at radius 3 is 3.08 bits per heavy atom. The molecule has 0 radical (unpaired) electrons. The summed E-state index contributed by atoms with van der Waals surface area (Å²) in [6.45, 7) is 2.07. The molecule has 0 saturated heterocycles. The number of benzene rings is 1. The quantitative estimate of drug-likeness (QED) is 0.836. The minimum atomic E-state index is -0.263. The zero-order valence-electron chi connectivity index (χ0n) is 13.3. The minimum absolute atomic E-state index is 0.180. The summed E-state index contributed by atoms with van der Waals surface area (Å²) in [5.41, 5.74) is 2.74. The molecule has 1 atom stereocenters. The van der Waals surface area contributed by atoms with Crippen molar-refractivity contribution in [3.8, 4) is 0 Å². The first-order chi connectivity index (χ1) is 11.7. The highest BCUT2D eigenvalue weighted by molar-refractivity contribution is 7.99. The first-order valence-electron chi connectivity index (χ1n) is 8.05. The van der Waals surface area contributed by atoms with Crippen LogP contribution in [0.4, 0.5) is 5.95 Å². The van der Waals surface area contributed by atoms with Gasteiger partial charge in [-0.1, -0.05) is 42.4 Å². The number of nitrogens with zero attached hydrogens (tertiary/aromatic N) is 3. The van der Waals surface area contributed by atoms with Crippen LogP contribution in [0.5, 0.6) is 0 Å². The number of nitrogens with one attached hydrogen (secondary N) is 1. The Morgan fingerprint density at radius 1 is 1.42 bits per heavy atom. The summed E-state index contributed by atoms with van der Waals surface area (Å²) in [5.74, 6) is 1.78. The molecule has 1 N–H and O–H groups in total. The van der Waals surface area contributed by atoms with Crippen molar-refractivity contribution < 1.29 is 4.79 Å². The van der Waals surface area contributed by atoms with E-state index in [2.05, 4.69) is 22.3 Å². The van der Waals surface area contributed by atoms with Crippen LogP contribution < -0.4 is 5.32 Å². The number of ketones is 1. The largest absolute Gasteiger partial charge is 0.328 e.